The van der Waals surface area contributed by atoms with Crippen molar-refractivity contribution < 1.29 is 4.79 Å². The maximum Gasteiger partial charge on any atom is 0.317 e. The average Bonchev–Trinajstić information content (AvgIpc) is 2.34. The SMILES string of the molecule is CC(CC(=N)N)N(C)C(=O)NC12CC3CC(CC(C3)C1)C2. The van der Waals surface area contributed by atoms with E-state index in [-0.39, 0.29) is 23.4 Å². The van der Waals surface area contributed by atoms with Crippen LogP contribution in [0.5, 0.6) is 0 Å². The van der Waals surface area contributed by atoms with Gasteiger partial charge in [0.2, 0.25) is 0 Å². The van der Waals surface area contributed by atoms with Crippen LogP contribution in [0.3, 0.4) is 0 Å². The van der Waals surface area contributed by atoms with Crippen LogP contribution in [0.2, 0.25) is 0 Å². The van der Waals surface area contributed by atoms with E-state index in [1.165, 1.54) is 38.5 Å². The maximum atomic E-state index is 12.6. The van der Waals surface area contributed by atoms with Gasteiger partial charge in [0, 0.05) is 25.0 Å². The predicted molar refractivity (Wildman–Crippen MR) is 83.2 cm³/mol. The first-order valence-electron chi connectivity index (χ1n) is 8.25. The van der Waals surface area contributed by atoms with E-state index >= 15 is 0 Å². The summed E-state index contributed by atoms with van der Waals surface area (Å²) in [6.45, 7) is 1.95. The number of rotatable bonds is 4. The first kappa shape index (κ1) is 14.7. The molecule has 4 fully saturated rings. The first-order valence-corrected chi connectivity index (χ1v) is 8.25. The third-order valence-electron chi connectivity index (χ3n) is 5.91. The molecule has 5 heteroatoms. The van der Waals surface area contributed by atoms with Crippen LogP contribution >= 0.6 is 0 Å². The zero-order chi connectivity index (χ0) is 15.2. The molecule has 4 aliphatic rings. The summed E-state index contributed by atoms with van der Waals surface area (Å²) in [7, 11) is 1.81. The number of amides is 2. The number of hydrogen-bond acceptors (Lipinski definition) is 2. The fourth-order valence-electron chi connectivity index (χ4n) is 5.23. The van der Waals surface area contributed by atoms with Gasteiger partial charge in [0.1, 0.15) is 0 Å². The summed E-state index contributed by atoms with van der Waals surface area (Å²) in [5.41, 5.74) is 5.50. The Labute approximate surface area is 127 Å². The van der Waals surface area contributed by atoms with Crippen LogP contribution in [0.25, 0.3) is 0 Å². The zero-order valence-corrected chi connectivity index (χ0v) is 13.2. The van der Waals surface area contributed by atoms with E-state index in [0.29, 0.717) is 6.42 Å². The summed E-state index contributed by atoms with van der Waals surface area (Å²) >= 11 is 0. The van der Waals surface area contributed by atoms with E-state index in [0.717, 1.165) is 17.8 Å². The van der Waals surface area contributed by atoms with Gasteiger partial charge in [0.25, 0.3) is 0 Å². The molecule has 1 atom stereocenters. The van der Waals surface area contributed by atoms with Crippen LogP contribution in [-0.4, -0.2) is 35.4 Å². The molecule has 0 heterocycles. The lowest BCUT2D eigenvalue weighted by Crippen LogP contribution is -2.62. The van der Waals surface area contributed by atoms with Crippen LogP contribution in [0.15, 0.2) is 0 Å². The normalized spacial score (nSPS) is 38.1. The van der Waals surface area contributed by atoms with Gasteiger partial charge in [-0.2, -0.15) is 0 Å². The smallest absolute Gasteiger partial charge is 0.317 e. The molecule has 118 valence electrons. The largest absolute Gasteiger partial charge is 0.388 e. The van der Waals surface area contributed by atoms with Crippen LogP contribution < -0.4 is 11.1 Å². The van der Waals surface area contributed by atoms with E-state index in [1.54, 1.807) is 4.90 Å². The van der Waals surface area contributed by atoms with Crippen LogP contribution in [-0.2, 0) is 0 Å². The first-order chi connectivity index (χ1) is 9.87. The quantitative estimate of drug-likeness (QED) is 0.549. The molecule has 0 aromatic heterocycles. The average molecular weight is 292 g/mol. The Balaban J connectivity index is 1.63. The summed E-state index contributed by atoms with van der Waals surface area (Å²) in [5, 5.41) is 10.7. The highest BCUT2D eigenvalue weighted by Crippen LogP contribution is 2.55. The summed E-state index contributed by atoms with van der Waals surface area (Å²) in [4.78, 5) is 14.3. The van der Waals surface area contributed by atoms with Gasteiger partial charge in [0.15, 0.2) is 0 Å². The van der Waals surface area contributed by atoms with Crippen molar-refractivity contribution in [1.29, 1.82) is 5.41 Å². The Hall–Kier alpha value is -1.26. The molecule has 5 nitrogen and oxygen atoms in total. The molecule has 4 aliphatic carbocycles. The highest BCUT2D eigenvalue weighted by atomic mass is 16.2. The van der Waals surface area contributed by atoms with Gasteiger partial charge in [-0.05, 0) is 63.2 Å². The molecule has 2 amide bonds. The van der Waals surface area contributed by atoms with Crippen molar-refractivity contribution in [2.45, 2.75) is 63.5 Å². The molecule has 0 aliphatic heterocycles. The Morgan fingerprint density at radius 1 is 1.29 bits per heavy atom. The third kappa shape index (κ3) is 2.87. The Bertz CT molecular complexity index is 412. The number of hydrogen-bond donors (Lipinski definition) is 3. The van der Waals surface area contributed by atoms with Gasteiger partial charge in [-0.15, -0.1) is 0 Å². The molecule has 0 radical (unpaired) electrons. The lowest BCUT2D eigenvalue weighted by atomic mass is 9.53. The van der Waals surface area contributed by atoms with Crippen molar-refractivity contribution in [3.8, 4) is 0 Å². The van der Waals surface area contributed by atoms with Gasteiger partial charge < -0.3 is 16.0 Å². The van der Waals surface area contributed by atoms with Crippen molar-refractivity contribution in [3.05, 3.63) is 0 Å². The monoisotopic (exact) mass is 292 g/mol. The number of carbonyl (C=O) groups excluding carboxylic acids is 1. The second kappa shape index (κ2) is 5.18. The van der Waals surface area contributed by atoms with Crippen LogP contribution in [0.4, 0.5) is 4.79 Å². The minimum atomic E-state index is -0.0311. The molecule has 0 saturated heterocycles. The molecule has 4 bridgehead atoms. The van der Waals surface area contributed by atoms with Crippen LogP contribution in [0.1, 0.15) is 51.9 Å². The number of nitrogens with zero attached hydrogens (tertiary/aromatic N) is 1. The second-order valence-corrected chi connectivity index (χ2v) is 7.82. The van der Waals surface area contributed by atoms with Gasteiger partial charge in [-0.3, -0.25) is 5.41 Å². The van der Waals surface area contributed by atoms with E-state index in [1.807, 2.05) is 14.0 Å². The standard InChI is InChI=1S/C16H28N4O/c1-10(3-14(17)18)20(2)15(21)19-16-7-11-4-12(8-16)6-13(5-11)9-16/h10-13H,3-9H2,1-2H3,(H3,17,18)(H,19,21). The molecule has 4 saturated carbocycles. The fraction of sp³-hybridized carbons (Fsp3) is 0.875. The molecule has 0 spiro atoms. The van der Waals surface area contributed by atoms with Crippen LogP contribution in [0, 0.1) is 23.2 Å². The van der Waals surface area contributed by atoms with Crippen molar-refractivity contribution >= 4 is 11.9 Å². The fourth-order valence-corrected chi connectivity index (χ4v) is 5.23. The third-order valence-corrected chi connectivity index (χ3v) is 5.91. The topological polar surface area (TPSA) is 82.2 Å². The van der Waals surface area contributed by atoms with Crippen molar-refractivity contribution in [1.82, 2.24) is 10.2 Å². The number of urea groups is 1. The number of nitrogens with two attached hydrogens (primary N) is 1. The minimum absolute atomic E-state index is 0.00528. The molecule has 21 heavy (non-hydrogen) atoms. The van der Waals surface area contributed by atoms with Gasteiger partial charge in [-0.25, -0.2) is 4.79 Å². The Kier molecular flexibility index (Phi) is 3.62. The number of carbonyl (C=O) groups is 1. The maximum absolute atomic E-state index is 12.6. The van der Waals surface area contributed by atoms with E-state index in [4.69, 9.17) is 11.1 Å². The van der Waals surface area contributed by atoms with E-state index in [2.05, 4.69) is 5.32 Å². The highest BCUT2D eigenvalue weighted by Gasteiger charge is 2.51. The summed E-state index contributed by atoms with van der Waals surface area (Å²) in [5.74, 6) is 2.63. The van der Waals surface area contributed by atoms with E-state index < -0.39 is 0 Å². The zero-order valence-electron chi connectivity index (χ0n) is 13.2. The second-order valence-electron chi connectivity index (χ2n) is 7.82. The number of nitrogens with one attached hydrogen (secondary N) is 2. The summed E-state index contributed by atoms with van der Waals surface area (Å²) in [6.07, 6.45) is 8.08. The summed E-state index contributed by atoms with van der Waals surface area (Å²) < 4.78 is 0. The minimum Gasteiger partial charge on any atom is -0.388 e. The van der Waals surface area contributed by atoms with Gasteiger partial charge >= 0.3 is 6.03 Å². The lowest BCUT2D eigenvalue weighted by Gasteiger charge is -2.57. The lowest BCUT2D eigenvalue weighted by molar-refractivity contribution is -0.0157. The van der Waals surface area contributed by atoms with E-state index in [9.17, 15) is 4.79 Å². The Morgan fingerprint density at radius 3 is 2.19 bits per heavy atom. The van der Waals surface area contributed by atoms with Gasteiger partial charge in [0.05, 0.1) is 5.84 Å². The highest BCUT2D eigenvalue weighted by molar-refractivity contribution is 5.79. The molecular weight excluding hydrogens is 264 g/mol. The van der Waals surface area contributed by atoms with Crippen molar-refractivity contribution in [2.24, 2.45) is 23.5 Å². The molecule has 0 aromatic rings. The molecular formula is C16H28N4O. The van der Waals surface area contributed by atoms with Gasteiger partial charge in [-0.1, -0.05) is 0 Å². The van der Waals surface area contributed by atoms with Crippen molar-refractivity contribution in [3.63, 3.8) is 0 Å². The molecule has 4 N–H and O–H groups in total. The molecule has 4 rings (SSSR count). The summed E-state index contributed by atoms with van der Waals surface area (Å²) in [6, 6.07) is -0.0258. The molecule has 1 unspecified atom stereocenters. The van der Waals surface area contributed by atoms with Crippen molar-refractivity contribution in [2.75, 3.05) is 7.05 Å². The predicted octanol–water partition coefficient (Wildman–Crippen LogP) is 2.31. The Morgan fingerprint density at radius 2 is 1.76 bits per heavy atom. The molecule has 0 aromatic carbocycles. The number of amidine groups is 1.